The molecule has 14 heteroatoms. The highest BCUT2D eigenvalue weighted by atomic mass is 19.3. The van der Waals surface area contributed by atoms with E-state index < -0.39 is 36.1 Å². The fourth-order valence-electron chi connectivity index (χ4n) is 6.60. The Morgan fingerprint density at radius 2 is 1.79 bits per heavy atom. The molecular weight excluding hydrogens is 614 g/mol. The van der Waals surface area contributed by atoms with Gasteiger partial charge in [-0.3, -0.25) is 14.3 Å². The van der Waals surface area contributed by atoms with Gasteiger partial charge >= 0.3 is 6.09 Å². The minimum Gasteiger partial charge on any atom is -0.474 e. The van der Waals surface area contributed by atoms with Crippen molar-refractivity contribution in [1.82, 2.24) is 24.4 Å². The Kier molecular flexibility index (Phi) is 9.60. The van der Waals surface area contributed by atoms with E-state index in [2.05, 4.69) is 15.0 Å². The summed E-state index contributed by atoms with van der Waals surface area (Å²) in [5, 5.41) is 10.2. The second kappa shape index (κ2) is 13.7. The molecule has 3 aliphatic rings. The zero-order chi connectivity index (χ0) is 33.3. The second-order valence-electron chi connectivity index (χ2n) is 13.5. The van der Waals surface area contributed by atoms with Crippen LogP contribution < -0.4 is 9.64 Å². The number of alkyl halides is 2. The molecule has 1 saturated carbocycles. The lowest BCUT2D eigenvalue weighted by atomic mass is 9.83. The summed E-state index contributed by atoms with van der Waals surface area (Å²) in [7, 11) is 0. The van der Waals surface area contributed by atoms with Crippen LogP contribution in [0.2, 0.25) is 0 Å². The number of aliphatic hydroxyl groups excluding tert-OH is 1. The lowest BCUT2D eigenvalue weighted by Gasteiger charge is -2.31. The van der Waals surface area contributed by atoms with Crippen LogP contribution >= 0.6 is 0 Å². The van der Waals surface area contributed by atoms with Crippen molar-refractivity contribution in [2.45, 2.75) is 89.6 Å². The van der Waals surface area contributed by atoms with E-state index in [1.807, 2.05) is 4.90 Å². The van der Waals surface area contributed by atoms with Gasteiger partial charge in [-0.1, -0.05) is 12.1 Å². The van der Waals surface area contributed by atoms with E-state index in [-0.39, 0.29) is 42.5 Å². The first-order valence-corrected chi connectivity index (χ1v) is 16.3. The van der Waals surface area contributed by atoms with Gasteiger partial charge in [-0.15, -0.1) is 0 Å². The van der Waals surface area contributed by atoms with Gasteiger partial charge in [0.1, 0.15) is 17.5 Å². The molecule has 0 spiro atoms. The number of para-hydroxylation sites is 2. The number of rotatable bonds is 8. The molecule has 1 aromatic carbocycles. The summed E-state index contributed by atoms with van der Waals surface area (Å²) in [6.07, 6.45) is -1.07. The smallest absolute Gasteiger partial charge is 0.410 e. The summed E-state index contributed by atoms with van der Waals surface area (Å²) in [4.78, 5) is 42.9. The molecule has 3 aromatic rings. The molecular formula is C33H42F2N6O6. The fourth-order valence-corrected chi connectivity index (χ4v) is 6.60. The van der Waals surface area contributed by atoms with Crippen LogP contribution in [-0.2, 0) is 14.3 Å². The van der Waals surface area contributed by atoms with Crippen LogP contribution in [-0.4, -0.2) is 98.1 Å². The quantitative estimate of drug-likeness (QED) is 0.359. The maximum atomic E-state index is 14.2. The molecule has 254 valence electrons. The monoisotopic (exact) mass is 656 g/mol. The highest BCUT2D eigenvalue weighted by molar-refractivity contribution is 5.88. The van der Waals surface area contributed by atoms with E-state index >= 15 is 0 Å². The van der Waals surface area contributed by atoms with Crippen LogP contribution in [0.1, 0.15) is 71.5 Å². The van der Waals surface area contributed by atoms with E-state index in [0.717, 1.165) is 12.8 Å². The third-order valence-corrected chi connectivity index (χ3v) is 8.83. The van der Waals surface area contributed by atoms with E-state index in [1.165, 1.54) is 9.47 Å². The summed E-state index contributed by atoms with van der Waals surface area (Å²) in [5.41, 5.74) is 0.235. The minimum atomic E-state index is -2.82. The minimum absolute atomic E-state index is 0.0743. The Morgan fingerprint density at radius 1 is 1.06 bits per heavy atom. The van der Waals surface area contributed by atoms with E-state index in [0.29, 0.717) is 62.5 Å². The molecule has 12 nitrogen and oxygen atoms in total. The number of anilines is 1. The summed E-state index contributed by atoms with van der Waals surface area (Å²) >= 11 is 0. The summed E-state index contributed by atoms with van der Waals surface area (Å²) in [6, 6.07) is 7.81. The molecule has 0 unspecified atom stereocenters. The first-order chi connectivity index (χ1) is 22.4. The molecule has 2 atom stereocenters. The molecule has 2 saturated heterocycles. The lowest BCUT2D eigenvalue weighted by molar-refractivity contribution is -0.124. The number of imidazole rings is 1. The van der Waals surface area contributed by atoms with Crippen molar-refractivity contribution >= 4 is 28.9 Å². The van der Waals surface area contributed by atoms with Gasteiger partial charge in [0.05, 0.1) is 42.9 Å². The number of fused-ring (bicyclic) bond motifs is 1. The summed E-state index contributed by atoms with van der Waals surface area (Å²) in [6.45, 7) is 7.47. The van der Waals surface area contributed by atoms with Crippen molar-refractivity contribution in [3.05, 3.63) is 36.2 Å². The number of hydrogen-bond acceptors (Lipinski definition) is 10. The Morgan fingerprint density at radius 3 is 2.49 bits per heavy atom. The first-order valence-electron chi connectivity index (χ1n) is 16.3. The number of benzene rings is 1. The number of carbonyl (C=O) groups is 2. The maximum absolute atomic E-state index is 14.2. The number of ether oxygens (including phenoxy) is 3. The topological polar surface area (TPSA) is 132 Å². The van der Waals surface area contributed by atoms with E-state index in [4.69, 9.17) is 14.2 Å². The average molecular weight is 657 g/mol. The Balaban J connectivity index is 1.15. The molecule has 1 amide bonds. The van der Waals surface area contributed by atoms with Gasteiger partial charge in [0.25, 0.3) is 6.43 Å². The number of aromatic nitrogens is 4. The second-order valence-corrected chi connectivity index (χ2v) is 13.5. The number of ketones is 1. The molecule has 2 aromatic heterocycles. The summed E-state index contributed by atoms with van der Waals surface area (Å²) < 4.78 is 47.1. The van der Waals surface area contributed by atoms with Gasteiger partial charge in [-0.05, 0) is 64.5 Å². The predicted octanol–water partition coefficient (Wildman–Crippen LogP) is 4.86. The number of morpholine rings is 1. The number of amides is 1. The van der Waals surface area contributed by atoms with Crippen molar-refractivity contribution in [2.24, 2.45) is 5.92 Å². The van der Waals surface area contributed by atoms with E-state index in [9.17, 15) is 23.5 Å². The van der Waals surface area contributed by atoms with Gasteiger partial charge in [0, 0.05) is 32.0 Å². The number of likely N-dealkylation sites (tertiary alicyclic amines) is 1. The van der Waals surface area contributed by atoms with Crippen LogP contribution in [0.3, 0.4) is 0 Å². The van der Waals surface area contributed by atoms with Crippen LogP contribution in [0.4, 0.5) is 19.5 Å². The lowest BCUT2D eigenvalue weighted by Crippen LogP contribution is -2.44. The first kappa shape index (κ1) is 33.0. The van der Waals surface area contributed by atoms with Gasteiger partial charge in [-0.2, -0.15) is 9.97 Å². The Labute approximate surface area is 272 Å². The standard InChI is InChI=1S/C33H42F2N6O6/c1-33(2,3)47-32(44)40-19-21(42)17-25(40)26(43)16-20-8-10-22(11-9-20)46-28-18-27(37-31(38-28)39-12-14-45-15-13-39)41-24-7-5-4-6-23(24)36-30(41)29(34)35/h4-7,18,20-22,25,29,42H,8-17,19H2,1-3H3/t20?,21-,22?,25-/m0/s1. The molecule has 0 radical (unpaired) electrons. The molecule has 1 N–H and O–H groups in total. The molecule has 1 aliphatic carbocycles. The van der Waals surface area contributed by atoms with Gasteiger partial charge in [0.15, 0.2) is 11.6 Å². The third kappa shape index (κ3) is 7.64. The normalized spacial score (nSPS) is 23.8. The van der Waals surface area contributed by atoms with Crippen molar-refractivity contribution in [3.63, 3.8) is 0 Å². The molecule has 6 rings (SSSR count). The average Bonchev–Trinajstić information content (AvgIpc) is 3.63. The molecule has 2 aliphatic heterocycles. The number of β-amino-alcohol motifs (C(OH)–C–C–N with tert-alkyl or cyclic N) is 1. The molecule has 47 heavy (non-hydrogen) atoms. The van der Waals surface area contributed by atoms with Crippen molar-refractivity contribution in [1.29, 1.82) is 0 Å². The maximum Gasteiger partial charge on any atom is 0.410 e. The third-order valence-electron chi connectivity index (χ3n) is 8.83. The van der Waals surface area contributed by atoms with Crippen molar-refractivity contribution < 1.29 is 37.7 Å². The van der Waals surface area contributed by atoms with Gasteiger partial charge in [-0.25, -0.2) is 18.6 Å². The highest BCUT2D eigenvalue weighted by Gasteiger charge is 2.41. The Bertz CT molecular complexity index is 1580. The van der Waals surface area contributed by atoms with Gasteiger partial charge in [0.2, 0.25) is 11.8 Å². The number of Topliss-reactive ketones (excluding diaryl/α,β-unsaturated/α-hetero) is 1. The van der Waals surface area contributed by atoms with Crippen LogP contribution in [0, 0.1) is 5.92 Å². The van der Waals surface area contributed by atoms with E-state index in [1.54, 1.807) is 51.1 Å². The largest absolute Gasteiger partial charge is 0.474 e. The number of nitrogens with zero attached hydrogens (tertiary/aromatic N) is 6. The van der Waals surface area contributed by atoms with Crippen LogP contribution in [0.5, 0.6) is 5.88 Å². The van der Waals surface area contributed by atoms with Crippen molar-refractivity contribution in [2.75, 3.05) is 37.7 Å². The number of halogens is 2. The molecule has 3 fully saturated rings. The molecule has 4 heterocycles. The van der Waals surface area contributed by atoms with Crippen LogP contribution in [0.25, 0.3) is 16.9 Å². The SMILES string of the molecule is CC(C)(C)OC(=O)N1C[C@@H](O)C[C@H]1C(=O)CC1CCC(Oc2cc(-n3c(C(F)F)nc4ccccc43)nc(N3CCOCC3)n2)CC1. The van der Waals surface area contributed by atoms with Crippen molar-refractivity contribution in [3.8, 4) is 11.7 Å². The molecule has 0 bridgehead atoms. The zero-order valence-corrected chi connectivity index (χ0v) is 27.0. The predicted molar refractivity (Wildman–Crippen MR) is 168 cm³/mol. The number of aliphatic hydroxyl groups is 1. The van der Waals surface area contributed by atoms with Gasteiger partial charge < -0.3 is 24.2 Å². The summed E-state index contributed by atoms with van der Waals surface area (Å²) in [5.74, 6) is 0.515. The fraction of sp³-hybridized carbons (Fsp3) is 0.606. The highest BCUT2D eigenvalue weighted by Crippen LogP contribution is 2.34. The number of carbonyl (C=O) groups excluding carboxylic acids is 2. The number of hydrogen-bond donors (Lipinski definition) is 1. The zero-order valence-electron chi connectivity index (χ0n) is 27.0. The van der Waals surface area contributed by atoms with Crippen LogP contribution in [0.15, 0.2) is 30.3 Å². The Hall–Kier alpha value is -3.91.